The first-order chi connectivity index (χ1) is 12.0. The minimum Gasteiger partial charge on any atom is -0.493 e. The third-order valence-electron chi connectivity index (χ3n) is 4.35. The number of amides is 2. The van der Waals surface area contributed by atoms with Gasteiger partial charge in [-0.1, -0.05) is 6.08 Å². The van der Waals surface area contributed by atoms with Crippen LogP contribution in [-0.4, -0.2) is 50.8 Å². The molecule has 6 nitrogen and oxygen atoms in total. The number of ether oxygens (including phenoxy) is 2. The van der Waals surface area contributed by atoms with E-state index in [1.165, 1.54) is 5.56 Å². The van der Waals surface area contributed by atoms with Crippen molar-refractivity contribution in [2.45, 2.75) is 32.4 Å². The summed E-state index contributed by atoms with van der Waals surface area (Å²) in [4.78, 5) is 14.3. The van der Waals surface area contributed by atoms with Gasteiger partial charge in [0.15, 0.2) is 11.5 Å². The molecule has 2 amide bonds. The molecule has 0 bridgehead atoms. The van der Waals surface area contributed by atoms with Crippen LogP contribution in [0.2, 0.25) is 0 Å². The van der Waals surface area contributed by atoms with E-state index in [0.29, 0.717) is 12.3 Å². The van der Waals surface area contributed by atoms with Crippen molar-refractivity contribution in [3.8, 4) is 11.5 Å². The van der Waals surface area contributed by atoms with E-state index < -0.39 is 0 Å². The molecule has 6 heteroatoms. The molecule has 2 rings (SSSR count). The van der Waals surface area contributed by atoms with E-state index in [0.717, 1.165) is 30.8 Å². The Morgan fingerprint density at radius 3 is 2.64 bits per heavy atom. The van der Waals surface area contributed by atoms with Gasteiger partial charge in [0.1, 0.15) is 0 Å². The van der Waals surface area contributed by atoms with Gasteiger partial charge in [0, 0.05) is 25.7 Å². The molecule has 1 aliphatic heterocycles. The van der Waals surface area contributed by atoms with Crippen LogP contribution >= 0.6 is 0 Å². The van der Waals surface area contributed by atoms with E-state index in [2.05, 4.69) is 22.1 Å². The Morgan fingerprint density at radius 1 is 1.36 bits per heavy atom. The summed E-state index contributed by atoms with van der Waals surface area (Å²) in [6.45, 7) is 9.94. The largest absolute Gasteiger partial charge is 0.493 e. The van der Waals surface area contributed by atoms with E-state index in [1.54, 1.807) is 14.2 Å². The molecular weight excluding hydrogens is 318 g/mol. The van der Waals surface area contributed by atoms with Gasteiger partial charge in [-0.25, -0.2) is 4.79 Å². The van der Waals surface area contributed by atoms with Crippen LogP contribution in [0, 0.1) is 0 Å². The van der Waals surface area contributed by atoms with Gasteiger partial charge in [-0.15, -0.1) is 6.58 Å². The summed E-state index contributed by atoms with van der Waals surface area (Å²) in [5.41, 5.74) is 2.39. The van der Waals surface area contributed by atoms with Crippen molar-refractivity contribution in [3.63, 3.8) is 0 Å². The van der Waals surface area contributed by atoms with Crippen LogP contribution in [0.3, 0.4) is 0 Å². The van der Waals surface area contributed by atoms with Crippen molar-refractivity contribution in [1.82, 2.24) is 15.5 Å². The minimum absolute atomic E-state index is 0.0690. The fourth-order valence-corrected chi connectivity index (χ4v) is 3.21. The fraction of sp³-hybridized carbons (Fsp3) is 0.526. The summed E-state index contributed by atoms with van der Waals surface area (Å²) in [6, 6.07) is 4.09. The lowest BCUT2D eigenvalue weighted by atomic mass is 9.91. The molecule has 1 atom stereocenters. The number of fused-ring (bicyclic) bond motifs is 1. The monoisotopic (exact) mass is 347 g/mol. The molecule has 1 heterocycles. The molecule has 25 heavy (non-hydrogen) atoms. The van der Waals surface area contributed by atoms with Gasteiger partial charge in [-0.3, -0.25) is 4.90 Å². The number of urea groups is 1. The van der Waals surface area contributed by atoms with Crippen LogP contribution < -0.4 is 20.1 Å². The molecule has 0 aliphatic carbocycles. The number of nitrogens with zero attached hydrogens (tertiary/aromatic N) is 1. The van der Waals surface area contributed by atoms with Gasteiger partial charge in [0.25, 0.3) is 0 Å². The highest BCUT2D eigenvalue weighted by Crippen LogP contribution is 2.37. The van der Waals surface area contributed by atoms with E-state index >= 15 is 0 Å². The Labute approximate surface area is 150 Å². The summed E-state index contributed by atoms with van der Waals surface area (Å²) in [5.74, 6) is 1.45. The molecule has 1 aromatic carbocycles. The third kappa shape index (κ3) is 4.66. The van der Waals surface area contributed by atoms with Crippen molar-refractivity contribution in [2.24, 2.45) is 0 Å². The average Bonchev–Trinajstić information content (AvgIpc) is 2.59. The molecule has 1 aromatic rings. The lowest BCUT2D eigenvalue weighted by Crippen LogP contribution is -2.46. The zero-order valence-electron chi connectivity index (χ0n) is 15.6. The molecule has 0 saturated carbocycles. The maximum Gasteiger partial charge on any atom is 0.315 e. The first-order valence-corrected chi connectivity index (χ1v) is 8.64. The summed E-state index contributed by atoms with van der Waals surface area (Å²) in [6.07, 6.45) is 2.82. The van der Waals surface area contributed by atoms with Crippen LogP contribution in [0.1, 0.15) is 31.0 Å². The number of carbonyl (C=O) groups is 1. The van der Waals surface area contributed by atoms with Crippen LogP contribution in [0.15, 0.2) is 24.8 Å². The predicted octanol–water partition coefficient (Wildman–Crippen LogP) is 2.50. The standard InChI is InChI=1S/C19H29N3O3/c1-6-8-22-9-7-14-10-17(24-4)18(25-5)11-15(14)16(22)12-20-19(23)21-13(2)3/h6,10-11,13,16H,1,7-9,12H2,2-5H3,(H2,20,21,23)/t16-/m0/s1. The number of nitrogens with one attached hydrogen (secondary N) is 2. The molecular formula is C19H29N3O3. The first kappa shape index (κ1) is 19.1. The molecule has 1 aliphatic rings. The minimum atomic E-state index is -0.152. The van der Waals surface area contributed by atoms with E-state index in [1.807, 2.05) is 32.1 Å². The highest BCUT2D eigenvalue weighted by Gasteiger charge is 2.28. The van der Waals surface area contributed by atoms with Gasteiger partial charge in [0.05, 0.1) is 20.3 Å². The molecule has 138 valence electrons. The zero-order chi connectivity index (χ0) is 18.4. The topological polar surface area (TPSA) is 62.8 Å². The number of methoxy groups -OCH3 is 2. The summed E-state index contributed by atoms with van der Waals surface area (Å²) >= 11 is 0. The van der Waals surface area contributed by atoms with Gasteiger partial charge in [0.2, 0.25) is 0 Å². The SMILES string of the molecule is C=CCN1CCc2cc(OC)c(OC)cc2[C@@H]1CNC(=O)NC(C)C. The second kappa shape index (κ2) is 8.76. The molecule has 2 N–H and O–H groups in total. The van der Waals surface area contributed by atoms with Crippen LogP contribution in [0.5, 0.6) is 11.5 Å². The third-order valence-corrected chi connectivity index (χ3v) is 4.35. The Kier molecular flexibility index (Phi) is 6.70. The van der Waals surface area contributed by atoms with E-state index in [9.17, 15) is 4.79 Å². The zero-order valence-corrected chi connectivity index (χ0v) is 15.6. The van der Waals surface area contributed by atoms with Gasteiger partial charge in [-0.05, 0) is 43.5 Å². The van der Waals surface area contributed by atoms with Gasteiger partial charge < -0.3 is 20.1 Å². The van der Waals surface area contributed by atoms with Crippen LogP contribution in [0.25, 0.3) is 0 Å². The van der Waals surface area contributed by atoms with Gasteiger partial charge in [-0.2, -0.15) is 0 Å². The quantitative estimate of drug-likeness (QED) is 0.744. The normalized spacial score (nSPS) is 16.9. The highest BCUT2D eigenvalue weighted by atomic mass is 16.5. The number of benzene rings is 1. The molecule has 0 spiro atoms. The van der Waals surface area contributed by atoms with Crippen molar-refractivity contribution in [3.05, 3.63) is 35.9 Å². The Bertz CT molecular complexity index is 616. The lowest BCUT2D eigenvalue weighted by Gasteiger charge is -2.37. The lowest BCUT2D eigenvalue weighted by molar-refractivity contribution is 0.195. The van der Waals surface area contributed by atoms with Crippen LogP contribution in [0.4, 0.5) is 4.79 Å². The Balaban J connectivity index is 2.27. The number of hydrogen-bond donors (Lipinski definition) is 2. The van der Waals surface area contributed by atoms with Crippen molar-refractivity contribution in [1.29, 1.82) is 0 Å². The van der Waals surface area contributed by atoms with Crippen LogP contribution in [-0.2, 0) is 6.42 Å². The predicted molar refractivity (Wildman–Crippen MR) is 99.4 cm³/mol. The fourth-order valence-electron chi connectivity index (χ4n) is 3.21. The number of hydrogen-bond acceptors (Lipinski definition) is 4. The van der Waals surface area contributed by atoms with Crippen molar-refractivity contribution in [2.75, 3.05) is 33.9 Å². The van der Waals surface area contributed by atoms with Crippen molar-refractivity contribution >= 4 is 6.03 Å². The van der Waals surface area contributed by atoms with E-state index in [-0.39, 0.29) is 18.1 Å². The maximum absolute atomic E-state index is 12.0. The maximum atomic E-state index is 12.0. The van der Waals surface area contributed by atoms with E-state index in [4.69, 9.17) is 9.47 Å². The second-order valence-electron chi connectivity index (χ2n) is 6.46. The first-order valence-electron chi connectivity index (χ1n) is 8.64. The van der Waals surface area contributed by atoms with Gasteiger partial charge >= 0.3 is 6.03 Å². The molecule has 0 aromatic heterocycles. The molecule has 0 unspecified atom stereocenters. The molecule has 0 saturated heterocycles. The summed E-state index contributed by atoms with van der Waals surface area (Å²) in [7, 11) is 3.28. The number of carbonyl (C=O) groups excluding carboxylic acids is 1. The highest BCUT2D eigenvalue weighted by molar-refractivity contribution is 5.74. The molecule has 0 fully saturated rings. The Hall–Kier alpha value is -2.21. The van der Waals surface area contributed by atoms with Crippen molar-refractivity contribution < 1.29 is 14.3 Å². The number of rotatable bonds is 7. The Morgan fingerprint density at radius 2 is 2.04 bits per heavy atom. The summed E-state index contributed by atoms with van der Waals surface area (Å²) in [5, 5.41) is 5.84. The average molecular weight is 347 g/mol. The smallest absolute Gasteiger partial charge is 0.315 e. The second-order valence-corrected chi connectivity index (χ2v) is 6.46. The summed E-state index contributed by atoms with van der Waals surface area (Å²) < 4.78 is 10.9. The molecule has 0 radical (unpaired) electrons.